The first-order valence-corrected chi connectivity index (χ1v) is 7.94. The van der Waals surface area contributed by atoms with Gasteiger partial charge in [-0.05, 0) is 17.9 Å². The fraction of sp³-hybridized carbons (Fsp3) is 0.529. The molecule has 1 aromatic rings. The second kappa shape index (κ2) is 7.18. The van der Waals surface area contributed by atoms with Gasteiger partial charge < -0.3 is 19.7 Å². The Morgan fingerprint density at radius 2 is 2.00 bits per heavy atom. The van der Waals surface area contributed by atoms with Gasteiger partial charge in [0.25, 0.3) is 11.5 Å². The van der Waals surface area contributed by atoms with Gasteiger partial charge in [0, 0.05) is 31.3 Å². The van der Waals surface area contributed by atoms with Crippen LogP contribution in [0.5, 0.6) is 0 Å². The van der Waals surface area contributed by atoms with E-state index in [0.717, 1.165) is 4.90 Å². The largest absolute Gasteiger partial charge is 0.480 e. The number of nitrogens with zero attached hydrogens (tertiary/aromatic N) is 1. The van der Waals surface area contributed by atoms with Gasteiger partial charge in [-0.1, -0.05) is 13.8 Å². The molecule has 136 valence electrons. The Bertz CT molecular complexity index is 765. The van der Waals surface area contributed by atoms with Crippen molar-refractivity contribution in [2.45, 2.75) is 26.7 Å². The Labute approximate surface area is 144 Å². The number of carboxylic acid groups (broad SMARTS) is 1. The third kappa shape index (κ3) is 4.33. The molecule has 2 rings (SSSR count). The van der Waals surface area contributed by atoms with E-state index < -0.39 is 24.0 Å². The summed E-state index contributed by atoms with van der Waals surface area (Å²) in [6.45, 7) is 3.48. The van der Waals surface area contributed by atoms with E-state index in [1.807, 2.05) is 13.8 Å². The number of carbonyl (C=O) groups is 3. The van der Waals surface area contributed by atoms with Crippen LogP contribution in [-0.4, -0.2) is 59.5 Å². The van der Waals surface area contributed by atoms with Crippen molar-refractivity contribution in [3.8, 4) is 0 Å². The van der Waals surface area contributed by atoms with Gasteiger partial charge in [-0.25, -0.2) is 0 Å². The molecular weight excluding hydrogens is 328 g/mol. The van der Waals surface area contributed by atoms with E-state index in [9.17, 15) is 19.2 Å². The number of hydrogen-bond donors (Lipinski definition) is 2. The second-order valence-corrected chi connectivity index (χ2v) is 6.96. The quantitative estimate of drug-likeness (QED) is 0.780. The Morgan fingerprint density at radius 1 is 1.32 bits per heavy atom. The summed E-state index contributed by atoms with van der Waals surface area (Å²) in [6.07, 6.45) is 0.850. The predicted molar refractivity (Wildman–Crippen MR) is 88.9 cm³/mol. The zero-order valence-corrected chi connectivity index (χ0v) is 14.5. The lowest BCUT2D eigenvalue weighted by atomic mass is 9.75. The third-order valence-corrected chi connectivity index (χ3v) is 4.13. The van der Waals surface area contributed by atoms with E-state index in [4.69, 9.17) is 9.84 Å². The molecule has 0 aliphatic heterocycles. The first-order chi connectivity index (χ1) is 11.6. The van der Waals surface area contributed by atoms with Crippen LogP contribution >= 0.6 is 0 Å². The highest BCUT2D eigenvalue weighted by atomic mass is 16.5. The van der Waals surface area contributed by atoms with Crippen LogP contribution in [0, 0.1) is 5.41 Å². The minimum Gasteiger partial charge on any atom is -0.480 e. The van der Waals surface area contributed by atoms with Crippen molar-refractivity contribution in [1.82, 2.24) is 9.88 Å². The van der Waals surface area contributed by atoms with E-state index in [1.165, 1.54) is 13.2 Å². The molecule has 25 heavy (non-hydrogen) atoms. The molecule has 0 aromatic carbocycles. The number of hydrogen-bond acceptors (Lipinski definition) is 5. The number of fused-ring (bicyclic) bond motifs is 1. The number of aromatic amines is 1. The Hall–Kier alpha value is -2.48. The van der Waals surface area contributed by atoms with Crippen LogP contribution in [0.25, 0.3) is 0 Å². The fourth-order valence-electron chi connectivity index (χ4n) is 2.97. The molecule has 2 N–H and O–H groups in total. The van der Waals surface area contributed by atoms with Crippen molar-refractivity contribution in [2.24, 2.45) is 5.41 Å². The molecule has 1 heterocycles. The van der Waals surface area contributed by atoms with Crippen molar-refractivity contribution in [3.63, 3.8) is 0 Å². The van der Waals surface area contributed by atoms with Crippen molar-refractivity contribution < 1.29 is 24.2 Å². The first kappa shape index (κ1) is 18.9. The number of aromatic nitrogens is 1. The Morgan fingerprint density at radius 3 is 2.60 bits per heavy atom. The van der Waals surface area contributed by atoms with Gasteiger partial charge >= 0.3 is 5.97 Å². The summed E-state index contributed by atoms with van der Waals surface area (Å²) in [5, 5.41) is 8.97. The average Bonchev–Trinajstić information content (AvgIpc) is 2.48. The highest BCUT2D eigenvalue weighted by Crippen LogP contribution is 2.33. The highest BCUT2D eigenvalue weighted by molar-refractivity contribution is 6.02. The average molecular weight is 350 g/mol. The van der Waals surface area contributed by atoms with Crippen LogP contribution in [0.15, 0.2) is 10.9 Å². The molecule has 8 heteroatoms. The summed E-state index contributed by atoms with van der Waals surface area (Å²) >= 11 is 0. The summed E-state index contributed by atoms with van der Waals surface area (Å²) in [5.74, 6) is -2.07. The summed E-state index contributed by atoms with van der Waals surface area (Å²) in [4.78, 5) is 51.9. The summed E-state index contributed by atoms with van der Waals surface area (Å²) < 4.78 is 4.87. The maximum absolute atomic E-state index is 12.6. The number of carbonyl (C=O) groups excluding carboxylic acids is 2. The molecule has 1 aliphatic carbocycles. The number of pyridine rings is 1. The monoisotopic (exact) mass is 350 g/mol. The standard InChI is InChI=1S/C17H22N2O6/c1-17(2)7-12-10(13(20)8-17)6-11(15(23)18-12)16(24)19(4-5-25-3)9-14(21)22/h6H,4-5,7-9H2,1-3H3,(H,18,23)(H,21,22). The third-order valence-electron chi connectivity index (χ3n) is 4.13. The van der Waals surface area contributed by atoms with E-state index in [1.54, 1.807) is 0 Å². The molecule has 1 aliphatic rings. The maximum Gasteiger partial charge on any atom is 0.323 e. The Balaban J connectivity index is 2.40. The van der Waals surface area contributed by atoms with Crippen LogP contribution in [0.1, 0.15) is 46.7 Å². The van der Waals surface area contributed by atoms with Crippen molar-refractivity contribution >= 4 is 17.7 Å². The van der Waals surface area contributed by atoms with Gasteiger partial charge in [-0.3, -0.25) is 19.2 Å². The molecular formula is C17H22N2O6. The van der Waals surface area contributed by atoms with Crippen molar-refractivity contribution in [1.29, 1.82) is 0 Å². The molecule has 1 amide bonds. The summed E-state index contributed by atoms with van der Waals surface area (Å²) in [6, 6.07) is 1.29. The van der Waals surface area contributed by atoms with Crippen molar-refractivity contribution in [2.75, 3.05) is 26.8 Å². The van der Waals surface area contributed by atoms with Gasteiger partial charge in [0.05, 0.1) is 6.61 Å². The number of methoxy groups -OCH3 is 1. The van der Waals surface area contributed by atoms with E-state index in [2.05, 4.69) is 4.98 Å². The second-order valence-electron chi connectivity index (χ2n) is 6.96. The number of ketones is 1. The zero-order valence-electron chi connectivity index (χ0n) is 14.5. The number of aliphatic carboxylic acids is 1. The summed E-state index contributed by atoms with van der Waals surface area (Å²) in [7, 11) is 1.43. The topological polar surface area (TPSA) is 117 Å². The van der Waals surface area contributed by atoms with Crippen molar-refractivity contribution in [3.05, 3.63) is 33.2 Å². The number of ether oxygens (including phenoxy) is 1. The molecule has 8 nitrogen and oxygen atoms in total. The first-order valence-electron chi connectivity index (χ1n) is 7.94. The molecule has 0 fully saturated rings. The normalized spacial score (nSPS) is 15.6. The minimum atomic E-state index is -1.20. The zero-order chi connectivity index (χ0) is 18.8. The van der Waals surface area contributed by atoms with E-state index in [-0.39, 0.29) is 29.9 Å². The van der Waals surface area contributed by atoms with Crippen LogP contribution in [0.2, 0.25) is 0 Å². The van der Waals surface area contributed by atoms with Crippen LogP contribution in [-0.2, 0) is 16.0 Å². The smallest absolute Gasteiger partial charge is 0.323 e. The number of carboxylic acids is 1. The molecule has 0 atom stereocenters. The van der Waals surface area contributed by atoms with Gasteiger partial charge in [-0.2, -0.15) is 0 Å². The molecule has 1 aromatic heterocycles. The van der Waals surface area contributed by atoms with E-state index in [0.29, 0.717) is 24.1 Å². The van der Waals surface area contributed by atoms with Gasteiger partial charge in [0.2, 0.25) is 0 Å². The van der Waals surface area contributed by atoms with E-state index >= 15 is 0 Å². The number of H-pyrrole nitrogens is 1. The number of nitrogens with one attached hydrogen (secondary N) is 1. The number of Topliss-reactive ketones (excluding diaryl/α,β-unsaturated/α-hetero) is 1. The molecule has 0 saturated heterocycles. The highest BCUT2D eigenvalue weighted by Gasteiger charge is 2.33. The SMILES string of the molecule is COCCN(CC(=O)O)C(=O)c1cc2c([nH]c1=O)CC(C)(C)CC2=O. The lowest BCUT2D eigenvalue weighted by molar-refractivity contribution is -0.137. The maximum atomic E-state index is 12.6. The van der Waals surface area contributed by atoms with Crippen LogP contribution in [0.3, 0.4) is 0 Å². The van der Waals surface area contributed by atoms with Gasteiger partial charge in [0.1, 0.15) is 12.1 Å². The van der Waals surface area contributed by atoms with Gasteiger partial charge in [0.15, 0.2) is 5.78 Å². The molecule has 0 radical (unpaired) electrons. The van der Waals surface area contributed by atoms with Crippen LogP contribution < -0.4 is 5.56 Å². The molecule has 0 unspecified atom stereocenters. The molecule has 0 bridgehead atoms. The summed E-state index contributed by atoms with van der Waals surface area (Å²) in [5.41, 5.74) is -0.271. The lowest BCUT2D eigenvalue weighted by Gasteiger charge is -2.30. The van der Waals surface area contributed by atoms with Gasteiger partial charge in [-0.15, -0.1) is 0 Å². The predicted octanol–water partition coefficient (Wildman–Crippen LogP) is 0.703. The lowest BCUT2D eigenvalue weighted by Crippen LogP contribution is -2.41. The van der Waals surface area contributed by atoms with Crippen LogP contribution in [0.4, 0.5) is 0 Å². The fourth-order valence-corrected chi connectivity index (χ4v) is 2.97. The minimum absolute atomic E-state index is 0.0269. The number of rotatable bonds is 6. The molecule has 0 saturated carbocycles. The molecule has 0 spiro atoms. The number of amides is 1. The Kier molecular flexibility index (Phi) is 5.42.